The summed E-state index contributed by atoms with van der Waals surface area (Å²) in [5.41, 5.74) is 1.95. The predicted octanol–water partition coefficient (Wildman–Crippen LogP) is 2.29. The lowest BCUT2D eigenvalue weighted by Crippen LogP contribution is -2.28. The lowest BCUT2D eigenvalue weighted by atomic mass is 9.81. The van der Waals surface area contributed by atoms with Gasteiger partial charge in [0, 0.05) is 11.1 Å². The number of rotatable bonds is 0. The second kappa shape index (κ2) is 3.83. The number of ether oxygens (including phenoxy) is 1. The van der Waals surface area contributed by atoms with Crippen LogP contribution in [0.3, 0.4) is 0 Å². The standard InChI is InChI=1S/C15H22O3/c1-8-4-9-12(7-18-14(9)17)13(16)11-6-15(2,3)5-10(8)11/h8,10-11,13,16H,4-7H2,1-3H3/t8-,10+,11+,13-/m0/s1. The van der Waals surface area contributed by atoms with Crippen molar-refractivity contribution in [1.29, 1.82) is 0 Å². The fraction of sp³-hybridized carbons (Fsp3) is 0.800. The van der Waals surface area contributed by atoms with Gasteiger partial charge in [0.05, 0.1) is 6.10 Å². The van der Waals surface area contributed by atoms with E-state index in [0.717, 1.165) is 30.4 Å². The van der Waals surface area contributed by atoms with Crippen molar-refractivity contribution < 1.29 is 14.6 Å². The highest BCUT2D eigenvalue weighted by atomic mass is 16.5. The summed E-state index contributed by atoms with van der Waals surface area (Å²) in [6, 6.07) is 0. The van der Waals surface area contributed by atoms with Gasteiger partial charge in [0.1, 0.15) is 6.61 Å². The van der Waals surface area contributed by atoms with Crippen molar-refractivity contribution in [2.75, 3.05) is 6.61 Å². The Labute approximate surface area is 108 Å². The summed E-state index contributed by atoms with van der Waals surface area (Å²) in [7, 11) is 0. The Balaban J connectivity index is 1.97. The SMILES string of the molecule is C[C@H]1CC2=C(COC2=O)[C@@H](O)[C@@H]2CC(C)(C)C[C@@H]21. The van der Waals surface area contributed by atoms with Crippen LogP contribution in [0, 0.1) is 23.2 Å². The molecule has 0 amide bonds. The summed E-state index contributed by atoms with van der Waals surface area (Å²) < 4.78 is 5.10. The number of cyclic esters (lactones) is 1. The van der Waals surface area contributed by atoms with E-state index in [4.69, 9.17) is 4.74 Å². The fourth-order valence-electron chi connectivity index (χ4n) is 4.29. The van der Waals surface area contributed by atoms with Crippen molar-refractivity contribution in [3.05, 3.63) is 11.1 Å². The van der Waals surface area contributed by atoms with E-state index >= 15 is 0 Å². The topological polar surface area (TPSA) is 46.5 Å². The van der Waals surface area contributed by atoms with Gasteiger partial charge in [-0.05, 0) is 42.4 Å². The van der Waals surface area contributed by atoms with Gasteiger partial charge < -0.3 is 9.84 Å². The molecule has 3 heteroatoms. The summed E-state index contributed by atoms with van der Waals surface area (Å²) in [6.07, 6.45) is 2.52. The summed E-state index contributed by atoms with van der Waals surface area (Å²) in [4.78, 5) is 11.7. The van der Waals surface area contributed by atoms with E-state index < -0.39 is 6.10 Å². The highest BCUT2D eigenvalue weighted by molar-refractivity contribution is 5.92. The number of esters is 1. The number of carbonyl (C=O) groups is 1. The first kappa shape index (κ1) is 12.2. The Morgan fingerprint density at radius 2 is 1.94 bits per heavy atom. The van der Waals surface area contributed by atoms with Gasteiger partial charge in [0.25, 0.3) is 0 Å². The smallest absolute Gasteiger partial charge is 0.334 e. The quantitative estimate of drug-likeness (QED) is 0.671. The maximum absolute atomic E-state index is 11.7. The van der Waals surface area contributed by atoms with Gasteiger partial charge in [-0.1, -0.05) is 20.8 Å². The van der Waals surface area contributed by atoms with Crippen LogP contribution in [0.25, 0.3) is 0 Å². The number of aliphatic hydroxyl groups excluding tert-OH is 1. The maximum atomic E-state index is 11.7. The van der Waals surface area contributed by atoms with Crippen LogP contribution in [0.1, 0.15) is 40.0 Å². The van der Waals surface area contributed by atoms with Crippen molar-refractivity contribution in [3.63, 3.8) is 0 Å². The third kappa shape index (κ3) is 1.71. The zero-order valence-corrected chi connectivity index (χ0v) is 11.4. The van der Waals surface area contributed by atoms with Crippen molar-refractivity contribution in [1.82, 2.24) is 0 Å². The number of aliphatic hydroxyl groups is 1. The largest absolute Gasteiger partial charge is 0.458 e. The number of hydrogen-bond donors (Lipinski definition) is 1. The van der Waals surface area contributed by atoms with Gasteiger partial charge >= 0.3 is 5.97 Å². The molecule has 3 aliphatic rings. The van der Waals surface area contributed by atoms with Gasteiger partial charge in [0.15, 0.2) is 0 Å². The monoisotopic (exact) mass is 250 g/mol. The van der Waals surface area contributed by atoms with Crippen LogP contribution >= 0.6 is 0 Å². The van der Waals surface area contributed by atoms with Crippen LogP contribution in [0.2, 0.25) is 0 Å². The Kier molecular flexibility index (Phi) is 2.60. The van der Waals surface area contributed by atoms with Crippen LogP contribution in [0.4, 0.5) is 0 Å². The van der Waals surface area contributed by atoms with E-state index in [2.05, 4.69) is 20.8 Å². The molecule has 0 aromatic heterocycles. The summed E-state index contributed by atoms with van der Waals surface area (Å²) >= 11 is 0. The van der Waals surface area contributed by atoms with E-state index in [-0.39, 0.29) is 5.97 Å². The van der Waals surface area contributed by atoms with Crippen molar-refractivity contribution in [3.8, 4) is 0 Å². The molecular weight excluding hydrogens is 228 g/mol. The molecule has 0 saturated heterocycles. The van der Waals surface area contributed by atoms with Crippen molar-refractivity contribution >= 4 is 5.97 Å². The maximum Gasteiger partial charge on any atom is 0.334 e. The molecule has 0 radical (unpaired) electrons. The highest BCUT2D eigenvalue weighted by Crippen LogP contribution is 2.53. The molecule has 0 aromatic carbocycles. The molecule has 0 bridgehead atoms. The third-order valence-corrected chi connectivity index (χ3v) is 5.14. The fourth-order valence-corrected chi connectivity index (χ4v) is 4.29. The second-order valence-electron chi connectivity index (χ2n) is 7.11. The van der Waals surface area contributed by atoms with Crippen LogP contribution < -0.4 is 0 Å². The van der Waals surface area contributed by atoms with Gasteiger partial charge in [-0.2, -0.15) is 0 Å². The average Bonchev–Trinajstić information content (AvgIpc) is 2.77. The van der Waals surface area contributed by atoms with Gasteiger partial charge in [-0.3, -0.25) is 0 Å². The minimum atomic E-state index is -0.469. The van der Waals surface area contributed by atoms with Crippen LogP contribution in [-0.4, -0.2) is 23.8 Å². The average molecular weight is 250 g/mol. The molecular formula is C15H22O3. The molecule has 100 valence electrons. The zero-order valence-electron chi connectivity index (χ0n) is 11.4. The molecule has 4 atom stereocenters. The summed E-state index contributed by atoms with van der Waals surface area (Å²) in [5.74, 6) is 1.10. The molecule has 18 heavy (non-hydrogen) atoms. The van der Waals surface area contributed by atoms with Crippen LogP contribution in [0.15, 0.2) is 11.1 Å². The normalized spacial score (nSPS) is 42.3. The molecule has 1 N–H and O–H groups in total. The minimum Gasteiger partial charge on any atom is -0.458 e. The van der Waals surface area contributed by atoms with E-state index in [1.807, 2.05) is 0 Å². The first-order valence-corrected chi connectivity index (χ1v) is 6.96. The van der Waals surface area contributed by atoms with Crippen molar-refractivity contribution in [2.24, 2.45) is 23.2 Å². The Bertz CT molecular complexity index is 421. The first-order valence-electron chi connectivity index (χ1n) is 6.96. The third-order valence-electron chi connectivity index (χ3n) is 5.14. The first-order chi connectivity index (χ1) is 8.39. The molecule has 1 saturated carbocycles. The van der Waals surface area contributed by atoms with E-state index in [1.165, 1.54) is 0 Å². The van der Waals surface area contributed by atoms with E-state index in [9.17, 15) is 9.90 Å². The Morgan fingerprint density at radius 3 is 2.67 bits per heavy atom. The molecule has 3 nitrogen and oxygen atoms in total. The summed E-state index contributed by atoms with van der Waals surface area (Å²) in [5, 5.41) is 10.6. The Hall–Kier alpha value is -0.830. The number of carbonyl (C=O) groups excluding carboxylic acids is 1. The summed E-state index contributed by atoms with van der Waals surface area (Å²) in [6.45, 7) is 7.10. The predicted molar refractivity (Wildman–Crippen MR) is 67.8 cm³/mol. The molecule has 2 aliphatic carbocycles. The highest BCUT2D eigenvalue weighted by Gasteiger charge is 2.49. The number of hydrogen-bond acceptors (Lipinski definition) is 3. The molecule has 1 aliphatic heterocycles. The van der Waals surface area contributed by atoms with Gasteiger partial charge in [-0.25, -0.2) is 4.79 Å². The van der Waals surface area contributed by atoms with E-state index in [0.29, 0.717) is 29.8 Å². The second-order valence-corrected chi connectivity index (χ2v) is 7.11. The van der Waals surface area contributed by atoms with Gasteiger partial charge in [-0.15, -0.1) is 0 Å². The lowest BCUT2D eigenvalue weighted by molar-refractivity contribution is -0.136. The van der Waals surface area contributed by atoms with Crippen LogP contribution in [-0.2, 0) is 9.53 Å². The van der Waals surface area contributed by atoms with Gasteiger partial charge in [0.2, 0.25) is 0 Å². The number of fused-ring (bicyclic) bond motifs is 1. The Morgan fingerprint density at radius 1 is 1.28 bits per heavy atom. The zero-order chi connectivity index (χ0) is 13.1. The molecule has 0 spiro atoms. The molecule has 1 heterocycles. The molecule has 0 aromatic rings. The molecule has 0 unspecified atom stereocenters. The van der Waals surface area contributed by atoms with Crippen LogP contribution in [0.5, 0.6) is 0 Å². The minimum absolute atomic E-state index is 0.199. The molecule has 3 rings (SSSR count). The van der Waals surface area contributed by atoms with E-state index in [1.54, 1.807) is 0 Å². The van der Waals surface area contributed by atoms with Crippen molar-refractivity contribution in [2.45, 2.75) is 46.1 Å². The lowest BCUT2D eigenvalue weighted by Gasteiger charge is -2.26. The molecule has 1 fully saturated rings.